The summed E-state index contributed by atoms with van der Waals surface area (Å²) in [5, 5.41) is 8.67. The molecule has 0 radical (unpaired) electrons. The van der Waals surface area contributed by atoms with E-state index in [1.165, 1.54) is 4.90 Å². The molecule has 1 aliphatic rings. The van der Waals surface area contributed by atoms with Crippen molar-refractivity contribution in [2.45, 2.75) is 25.7 Å². The van der Waals surface area contributed by atoms with E-state index in [1.807, 2.05) is 0 Å². The summed E-state index contributed by atoms with van der Waals surface area (Å²) in [5.41, 5.74) is 0. The molecule has 1 rings (SSSR count). The lowest BCUT2D eigenvalue weighted by molar-refractivity contribution is -0.137. The molecule has 18 heavy (non-hydrogen) atoms. The van der Waals surface area contributed by atoms with Crippen LogP contribution in [0.3, 0.4) is 0 Å². The van der Waals surface area contributed by atoms with Crippen LogP contribution < -0.4 is 0 Å². The lowest BCUT2D eigenvalue weighted by Crippen LogP contribution is -2.46. The summed E-state index contributed by atoms with van der Waals surface area (Å²) < 4.78 is 0. The number of piperidine rings is 1. The van der Waals surface area contributed by atoms with Crippen LogP contribution in [0.15, 0.2) is 0 Å². The minimum Gasteiger partial charge on any atom is -0.481 e. The molecule has 0 aromatic heterocycles. The van der Waals surface area contributed by atoms with Gasteiger partial charge in [-0.2, -0.15) is 0 Å². The van der Waals surface area contributed by atoms with Crippen molar-refractivity contribution in [3.8, 4) is 12.3 Å². The second kappa shape index (κ2) is 6.90. The third-order valence-corrected chi connectivity index (χ3v) is 3.21. The number of rotatable bonds is 4. The van der Waals surface area contributed by atoms with E-state index in [0.29, 0.717) is 19.5 Å². The molecule has 1 aliphatic heterocycles. The number of carbonyl (C=O) groups excluding carboxylic acids is 1. The van der Waals surface area contributed by atoms with Crippen LogP contribution in [0.5, 0.6) is 0 Å². The first kappa shape index (κ1) is 14.4. The number of urea groups is 1. The second-order valence-electron chi connectivity index (χ2n) is 4.73. The third-order valence-electron chi connectivity index (χ3n) is 3.21. The highest BCUT2D eigenvalue weighted by Gasteiger charge is 2.25. The summed E-state index contributed by atoms with van der Waals surface area (Å²) in [6.45, 7) is 1.67. The number of amides is 2. The first-order valence-electron chi connectivity index (χ1n) is 6.20. The lowest BCUT2D eigenvalue weighted by atomic mass is 9.93. The molecular weight excluding hydrogens is 232 g/mol. The fourth-order valence-electron chi connectivity index (χ4n) is 2.25. The van der Waals surface area contributed by atoms with Crippen molar-refractivity contribution >= 4 is 12.0 Å². The number of hydrogen-bond donors (Lipinski definition) is 1. The molecule has 0 spiro atoms. The maximum Gasteiger partial charge on any atom is 0.320 e. The summed E-state index contributed by atoms with van der Waals surface area (Å²) in [6, 6.07) is -0.0621. The van der Waals surface area contributed by atoms with Gasteiger partial charge < -0.3 is 14.9 Å². The molecule has 100 valence electrons. The van der Waals surface area contributed by atoms with E-state index in [-0.39, 0.29) is 18.4 Å². The molecule has 0 aromatic carbocycles. The topological polar surface area (TPSA) is 60.9 Å². The molecule has 1 unspecified atom stereocenters. The first-order chi connectivity index (χ1) is 8.54. The van der Waals surface area contributed by atoms with Crippen molar-refractivity contribution in [1.29, 1.82) is 0 Å². The largest absolute Gasteiger partial charge is 0.481 e. The number of carboxylic acid groups (broad SMARTS) is 1. The van der Waals surface area contributed by atoms with Crippen molar-refractivity contribution in [2.75, 3.05) is 26.7 Å². The number of likely N-dealkylation sites (tertiary alicyclic amines) is 1. The number of aliphatic carboxylic acids is 1. The highest BCUT2D eigenvalue weighted by Crippen LogP contribution is 2.21. The van der Waals surface area contributed by atoms with Gasteiger partial charge in [-0.3, -0.25) is 4.79 Å². The Morgan fingerprint density at radius 1 is 1.56 bits per heavy atom. The summed E-state index contributed by atoms with van der Waals surface area (Å²) in [7, 11) is 1.68. The maximum atomic E-state index is 12.0. The number of hydrogen-bond acceptors (Lipinski definition) is 2. The van der Waals surface area contributed by atoms with Gasteiger partial charge in [0.1, 0.15) is 0 Å². The normalized spacial score (nSPS) is 19.1. The van der Waals surface area contributed by atoms with Crippen LogP contribution in [0.25, 0.3) is 0 Å². The zero-order valence-corrected chi connectivity index (χ0v) is 10.8. The smallest absolute Gasteiger partial charge is 0.320 e. The van der Waals surface area contributed by atoms with Gasteiger partial charge in [0.15, 0.2) is 0 Å². The van der Waals surface area contributed by atoms with Crippen LogP contribution in [-0.4, -0.2) is 53.6 Å². The predicted molar refractivity (Wildman–Crippen MR) is 68.0 cm³/mol. The van der Waals surface area contributed by atoms with Crippen molar-refractivity contribution in [1.82, 2.24) is 9.80 Å². The fourth-order valence-corrected chi connectivity index (χ4v) is 2.25. The SMILES string of the molecule is C#CCN(C)C(=O)N1CCCC(CCC(=O)O)C1. The van der Waals surface area contributed by atoms with E-state index in [4.69, 9.17) is 11.5 Å². The van der Waals surface area contributed by atoms with E-state index in [2.05, 4.69) is 5.92 Å². The van der Waals surface area contributed by atoms with E-state index in [1.54, 1.807) is 11.9 Å². The lowest BCUT2D eigenvalue weighted by Gasteiger charge is -2.34. The second-order valence-corrected chi connectivity index (χ2v) is 4.73. The Morgan fingerprint density at radius 3 is 2.89 bits per heavy atom. The van der Waals surface area contributed by atoms with E-state index in [9.17, 15) is 9.59 Å². The van der Waals surface area contributed by atoms with Crippen LogP contribution in [0.1, 0.15) is 25.7 Å². The summed E-state index contributed by atoms with van der Waals surface area (Å²) >= 11 is 0. The van der Waals surface area contributed by atoms with Crippen molar-refractivity contribution in [2.24, 2.45) is 5.92 Å². The molecular formula is C13H20N2O3. The Morgan fingerprint density at radius 2 is 2.28 bits per heavy atom. The number of nitrogens with zero attached hydrogens (tertiary/aromatic N) is 2. The highest BCUT2D eigenvalue weighted by atomic mass is 16.4. The molecule has 1 fully saturated rings. The third kappa shape index (κ3) is 4.28. The van der Waals surface area contributed by atoms with E-state index >= 15 is 0 Å². The Hall–Kier alpha value is -1.70. The average molecular weight is 252 g/mol. The molecule has 1 heterocycles. The van der Waals surface area contributed by atoms with Crippen molar-refractivity contribution in [3.63, 3.8) is 0 Å². The molecule has 0 bridgehead atoms. The summed E-state index contributed by atoms with van der Waals surface area (Å²) in [5.74, 6) is 1.95. The zero-order valence-electron chi connectivity index (χ0n) is 10.8. The number of carboxylic acids is 1. The average Bonchev–Trinajstić information content (AvgIpc) is 2.36. The molecule has 2 amide bonds. The zero-order chi connectivity index (χ0) is 13.5. The maximum absolute atomic E-state index is 12.0. The van der Waals surface area contributed by atoms with Crippen molar-refractivity contribution in [3.05, 3.63) is 0 Å². The number of terminal acetylenes is 1. The summed E-state index contributed by atoms with van der Waals surface area (Å²) in [6.07, 6.45) is 7.91. The molecule has 0 aromatic rings. The van der Waals surface area contributed by atoms with Crippen LogP contribution in [-0.2, 0) is 4.79 Å². The monoisotopic (exact) mass is 252 g/mol. The van der Waals surface area contributed by atoms with Gasteiger partial charge in [0.25, 0.3) is 0 Å². The van der Waals surface area contributed by atoms with Gasteiger partial charge in [-0.25, -0.2) is 4.79 Å². The minimum absolute atomic E-state index is 0.0621. The van der Waals surface area contributed by atoms with Crippen LogP contribution >= 0.6 is 0 Å². The molecule has 5 heteroatoms. The molecule has 1 N–H and O–H groups in total. The van der Waals surface area contributed by atoms with Crippen LogP contribution in [0.2, 0.25) is 0 Å². The van der Waals surface area contributed by atoms with Crippen LogP contribution in [0, 0.1) is 18.3 Å². The molecule has 5 nitrogen and oxygen atoms in total. The molecule has 1 atom stereocenters. The van der Waals surface area contributed by atoms with Gasteiger partial charge in [0.2, 0.25) is 0 Å². The highest BCUT2D eigenvalue weighted by molar-refractivity contribution is 5.74. The first-order valence-corrected chi connectivity index (χ1v) is 6.20. The molecule has 0 saturated carbocycles. The van der Waals surface area contributed by atoms with Gasteiger partial charge >= 0.3 is 12.0 Å². The van der Waals surface area contributed by atoms with Gasteiger partial charge in [-0.15, -0.1) is 6.42 Å². The predicted octanol–water partition coefficient (Wildman–Crippen LogP) is 1.25. The van der Waals surface area contributed by atoms with Crippen LogP contribution in [0.4, 0.5) is 4.79 Å². The minimum atomic E-state index is -0.775. The fraction of sp³-hybridized carbons (Fsp3) is 0.692. The Labute approximate surface area is 108 Å². The Kier molecular flexibility index (Phi) is 5.50. The summed E-state index contributed by atoms with van der Waals surface area (Å²) in [4.78, 5) is 25.8. The molecule has 0 aliphatic carbocycles. The van der Waals surface area contributed by atoms with E-state index in [0.717, 1.165) is 19.4 Å². The van der Waals surface area contributed by atoms with Gasteiger partial charge in [-0.05, 0) is 25.2 Å². The standard InChI is InChI=1S/C13H20N2O3/c1-3-8-14(2)13(18)15-9-4-5-11(10-15)6-7-12(16)17/h1,11H,4-10H2,2H3,(H,16,17). The number of carbonyl (C=O) groups is 2. The van der Waals surface area contributed by atoms with Gasteiger partial charge in [0.05, 0.1) is 6.54 Å². The molecule has 1 saturated heterocycles. The van der Waals surface area contributed by atoms with Gasteiger partial charge in [0, 0.05) is 26.6 Å². The Balaban J connectivity index is 2.45. The van der Waals surface area contributed by atoms with Crippen molar-refractivity contribution < 1.29 is 14.7 Å². The van der Waals surface area contributed by atoms with Gasteiger partial charge in [-0.1, -0.05) is 5.92 Å². The van der Waals surface area contributed by atoms with E-state index < -0.39 is 5.97 Å². The Bertz CT molecular complexity index is 349. The quantitative estimate of drug-likeness (QED) is 0.766.